The van der Waals surface area contributed by atoms with Gasteiger partial charge in [0.25, 0.3) is 0 Å². The second-order valence-electron chi connectivity index (χ2n) is 7.75. The average Bonchev–Trinajstić information content (AvgIpc) is 3.41. The number of halogens is 2. The molecule has 2 heterocycles. The highest BCUT2D eigenvalue weighted by atomic mass is 19.1. The number of fused-ring (bicyclic) bond motifs is 1. The lowest BCUT2D eigenvalue weighted by molar-refractivity contribution is -0.0915. The molecule has 0 radical (unpaired) electrons. The Labute approximate surface area is 179 Å². The van der Waals surface area contributed by atoms with E-state index in [4.69, 9.17) is 4.84 Å². The van der Waals surface area contributed by atoms with Crippen molar-refractivity contribution < 1.29 is 13.6 Å². The Morgan fingerprint density at radius 3 is 2.65 bits per heavy atom. The Kier molecular flexibility index (Phi) is 5.26. The predicted molar refractivity (Wildman–Crippen MR) is 118 cm³/mol. The van der Waals surface area contributed by atoms with Gasteiger partial charge < -0.3 is 9.82 Å². The van der Waals surface area contributed by atoms with Crippen LogP contribution in [0.25, 0.3) is 22.0 Å². The van der Waals surface area contributed by atoms with Gasteiger partial charge in [0.2, 0.25) is 0 Å². The highest BCUT2D eigenvalue weighted by Crippen LogP contribution is 2.27. The van der Waals surface area contributed by atoms with Crippen molar-refractivity contribution in [2.45, 2.75) is 12.8 Å². The van der Waals surface area contributed by atoms with Gasteiger partial charge in [-0.2, -0.15) is 0 Å². The summed E-state index contributed by atoms with van der Waals surface area (Å²) in [4.78, 5) is 9.20. The van der Waals surface area contributed by atoms with Gasteiger partial charge in [0.1, 0.15) is 17.4 Å². The van der Waals surface area contributed by atoms with Crippen molar-refractivity contribution in [2.24, 2.45) is 0 Å². The van der Waals surface area contributed by atoms with E-state index in [9.17, 15) is 8.78 Å². The van der Waals surface area contributed by atoms with Gasteiger partial charge in [0.05, 0.1) is 6.54 Å². The third kappa shape index (κ3) is 4.23. The number of nitrogens with zero attached hydrogens (tertiary/aromatic N) is 1. The van der Waals surface area contributed by atoms with Crippen LogP contribution in [0.1, 0.15) is 11.1 Å². The third-order valence-corrected chi connectivity index (χ3v) is 5.65. The summed E-state index contributed by atoms with van der Waals surface area (Å²) >= 11 is 0. The van der Waals surface area contributed by atoms with E-state index < -0.39 is 11.6 Å². The molecule has 0 saturated carbocycles. The fraction of sp³-hybridized carbons (Fsp3) is 0.154. The first-order valence-electron chi connectivity index (χ1n) is 10.4. The molecule has 156 valence electrons. The summed E-state index contributed by atoms with van der Waals surface area (Å²) in [6, 6.07) is 20.3. The minimum Gasteiger partial charge on any atom is -0.410 e. The van der Waals surface area contributed by atoms with Crippen LogP contribution >= 0.6 is 0 Å². The largest absolute Gasteiger partial charge is 0.410 e. The molecule has 0 bridgehead atoms. The van der Waals surface area contributed by atoms with Gasteiger partial charge in [-0.25, -0.2) is 8.78 Å². The van der Waals surface area contributed by atoms with Crippen LogP contribution in [0.4, 0.5) is 8.78 Å². The number of aromatic amines is 1. The topological polar surface area (TPSA) is 28.3 Å². The van der Waals surface area contributed by atoms with E-state index in [1.54, 1.807) is 0 Å². The van der Waals surface area contributed by atoms with E-state index in [1.807, 2.05) is 35.5 Å². The lowest BCUT2D eigenvalue weighted by atomic mass is 10.0. The monoisotopic (exact) mass is 416 g/mol. The molecule has 5 rings (SSSR count). The number of benzene rings is 3. The van der Waals surface area contributed by atoms with Gasteiger partial charge in [-0.3, -0.25) is 0 Å². The summed E-state index contributed by atoms with van der Waals surface area (Å²) in [5, 5.41) is 3.06. The molecule has 4 aromatic rings. The van der Waals surface area contributed by atoms with Gasteiger partial charge >= 0.3 is 0 Å². The van der Waals surface area contributed by atoms with Gasteiger partial charge in [0, 0.05) is 30.1 Å². The summed E-state index contributed by atoms with van der Waals surface area (Å²) in [6.45, 7) is 1.33. The minimum atomic E-state index is -0.443. The van der Waals surface area contributed by atoms with E-state index in [0.29, 0.717) is 24.4 Å². The molecule has 3 aromatic carbocycles. The number of hydroxylamine groups is 2. The zero-order chi connectivity index (χ0) is 21.2. The maximum absolute atomic E-state index is 13.9. The molecule has 0 atom stereocenters. The van der Waals surface area contributed by atoms with Crippen LogP contribution in [0.5, 0.6) is 0 Å². The highest BCUT2D eigenvalue weighted by molar-refractivity contribution is 5.88. The summed E-state index contributed by atoms with van der Waals surface area (Å²) < 4.78 is 27.3. The van der Waals surface area contributed by atoms with E-state index in [1.165, 1.54) is 28.1 Å². The normalized spacial score (nSPS) is 14.1. The molecule has 0 saturated heterocycles. The van der Waals surface area contributed by atoms with Crippen LogP contribution in [0.3, 0.4) is 0 Å². The quantitative estimate of drug-likeness (QED) is 0.416. The van der Waals surface area contributed by atoms with Gasteiger partial charge in [-0.05, 0) is 65.1 Å². The molecule has 0 unspecified atom stereocenters. The van der Waals surface area contributed by atoms with Crippen molar-refractivity contribution in [3.63, 3.8) is 0 Å². The first-order chi connectivity index (χ1) is 15.2. The third-order valence-electron chi connectivity index (χ3n) is 5.65. The molecule has 1 aliphatic heterocycles. The molecule has 0 aliphatic carbocycles. The van der Waals surface area contributed by atoms with Crippen molar-refractivity contribution in [2.75, 3.05) is 13.1 Å². The number of hydrogen-bond acceptors (Lipinski definition) is 2. The van der Waals surface area contributed by atoms with Crippen LogP contribution in [0.2, 0.25) is 0 Å². The fourth-order valence-electron chi connectivity index (χ4n) is 3.99. The summed E-state index contributed by atoms with van der Waals surface area (Å²) in [6.07, 6.45) is 5.03. The number of allylic oxidation sites excluding steroid dienone is 1. The van der Waals surface area contributed by atoms with Crippen LogP contribution < -0.4 is 0 Å². The fourth-order valence-corrected chi connectivity index (χ4v) is 3.99. The van der Waals surface area contributed by atoms with Crippen LogP contribution in [-0.2, 0) is 17.7 Å². The van der Waals surface area contributed by atoms with E-state index in [0.717, 1.165) is 24.1 Å². The standard InChI is InChI=1S/C26H22F2N2O/c27-22-7-8-25(28)21(14-22)15-23-11-13-30(31-23)12-10-20-17-29-26-9-6-19(16-24(20)26)18-4-2-1-3-5-18/h1-9,11,14,16-17,29H,10,12-13,15H2. The zero-order valence-corrected chi connectivity index (χ0v) is 16.9. The second kappa shape index (κ2) is 8.36. The molecule has 1 aliphatic rings. The van der Waals surface area contributed by atoms with E-state index in [2.05, 4.69) is 35.3 Å². The first kappa shape index (κ1) is 19.5. The molecular formula is C26H22F2N2O. The molecule has 3 nitrogen and oxygen atoms in total. The Balaban J connectivity index is 1.24. The van der Waals surface area contributed by atoms with Crippen LogP contribution in [-0.4, -0.2) is 23.1 Å². The van der Waals surface area contributed by atoms with Crippen molar-refractivity contribution in [3.05, 3.63) is 108 Å². The lowest BCUT2D eigenvalue weighted by Gasteiger charge is -2.16. The highest BCUT2D eigenvalue weighted by Gasteiger charge is 2.18. The molecule has 1 N–H and O–H groups in total. The van der Waals surface area contributed by atoms with Crippen LogP contribution in [0.15, 0.2) is 84.8 Å². The van der Waals surface area contributed by atoms with Crippen LogP contribution in [0, 0.1) is 11.6 Å². The van der Waals surface area contributed by atoms with Gasteiger partial charge in [-0.1, -0.05) is 36.4 Å². The van der Waals surface area contributed by atoms with Crippen molar-refractivity contribution in [3.8, 4) is 11.1 Å². The SMILES string of the molecule is Fc1ccc(F)c(CC2=CCN(CCc3c[nH]c4ccc(-c5ccccc5)cc34)O2)c1. The summed E-state index contributed by atoms with van der Waals surface area (Å²) in [7, 11) is 0. The Morgan fingerprint density at radius 1 is 0.903 bits per heavy atom. The number of rotatable bonds is 6. The lowest BCUT2D eigenvalue weighted by Crippen LogP contribution is -2.22. The first-order valence-corrected chi connectivity index (χ1v) is 10.4. The molecular weight excluding hydrogens is 394 g/mol. The summed E-state index contributed by atoms with van der Waals surface area (Å²) in [5.41, 5.74) is 5.02. The Bertz CT molecular complexity index is 1250. The molecule has 1 aromatic heterocycles. The maximum Gasteiger partial charge on any atom is 0.127 e. The van der Waals surface area contributed by atoms with E-state index in [-0.39, 0.29) is 6.42 Å². The minimum absolute atomic E-state index is 0.244. The number of H-pyrrole nitrogens is 1. The van der Waals surface area contributed by atoms with E-state index >= 15 is 0 Å². The Morgan fingerprint density at radius 2 is 1.77 bits per heavy atom. The Hall–Kier alpha value is -3.44. The van der Waals surface area contributed by atoms with Gasteiger partial charge in [-0.15, -0.1) is 5.06 Å². The van der Waals surface area contributed by atoms with Crippen molar-refractivity contribution >= 4 is 10.9 Å². The molecule has 0 spiro atoms. The number of aromatic nitrogens is 1. The smallest absolute Gasteiger partial charge is 0.127 e. The zero-order valence-electron chi connectivity index (χ0n) is 16.9. The van der Waals surface area contributed by atoms with Crippen molar-refractivity contribution in [1.29, 1.82) is 0 Å². The molecule has 0 amide bonds. The molecule has 0 fully saturated rings. The molecule has 31 heavy (non-hydrogen) atoms. The molecule has 5 heteroatoms. The predicted octanol–water partition coefficient (Wildman–Crippen LogP) is 6.03. The average molecular weight is 416 g/mol. The second-order valence-corrected chi connectivity index (χ2v) is 7.75. The number of hydrogen-bond donors (Lipinski definition) is 1. The maximum atomic E-state index is 13.9. The number of nitrogens with one attached hydrogen (secondary N) is 1. The van der Waals surface area contributed by atoms with Crippen molar-refractivity contribution in [1.82, 2.24) is 10.0 Å². The summed E-state index contributed by atoms with van der Waals surface area (Å²) in [5.74, 6) is -0.215. The van der Waals surface area contributed by atoms with Gasteiger partial charge in [0.15, 0.2) is 0 Å².